The van der Waals surface area contributed by atoms with E-state index in [1.54, 1.807) is 0 Å². The highest BCUT2D eigenvalue weighted by Gasteiger charge is 2.06. The molecule has 0 amide bonds. The van der Waals surface area contributed by atoms with Gasteiger partial charge in [0.2, 0.25) is 0 Å². The maximum atomic E-state index is 12.2. The van der Waals surface area contributed by atoms with E-state index in [0.717, 1.165) is 12.8 Å². The summed E-state index contributed by atoms with van der Waals surface area (Å²) in [6, 6.07) is 4.21. The van der Waals surface area contributed by atoms with Crippen LogP contribution in [-0.2, 0) is 6.54 Å². The van der Waals surface area contributed by atoms with Gasteiger partial charge in [0, 0.05) is 6.54 Å². The van der Waals surface area contributed by atoms with Crippen molar-refractivity contribution >= 4 is 29.1 Å². The van der Waals surface area contributed by atoms with E-state index in [2.05, 4.69) is 4.98 Å². The van der Waals surface area contributed by atoms with Crippen LogP contribution in [0, 0.1) is 4.77 Å². The predicted molar refractivity (Wildman–Crippen MR) is 72.6 cm³/mol. The van der Waals surface area contributed by atoms with Gasteiger partial charge in [0.15, 0.2) is 4.77 Å². The van der Waals surface area contributed by atoms with Crippen LogP contribution >= 0.6 is 12.2 Å². The predicted octanol–water partition coefficient (Wildman–Crippen LogP) is 1.22. The Labute approximate surface area is 114 Å². The van der Waals surface area contributed by atoms with E-state index >= 15 is 0 Å². The minimum absolute atomic E-state index is 0.0175. The van der Waals surface area contributed by atoms with Crippen LogP contribution in [0.4, 0.5) is 0 Å². The minimum Gasteiger partial charge on any atom is -0.545 e. The number of carbonyl (C=O) groups is 1. The first kappa shape index (κ1) is 13.5. The van der Waals surface area contributed by atoms with Crippen molar-refractivity contribution in [3.05, 3.63) is 38.9 Å². The molecular weight excluding hydrogens is 264 g/mol. The fourth-order valence-electron chi connectivity index (χ4n) is 1.90. The van der Waals surface area contributed by atoms with Crippen LogP contribution in [0.15, 0.2) is 23.0 Å². The number of carbonyl (C=O) groups excluding carboxylic acids is 1. The van der Waals surface area contributed by atoms with Crippen molar-refractivity contribution in [1.29, 1.82) is 0 Å². The van der Waals surface area contributed by atoms with Crippen LogP contribution in [0.5, 0.6) is 0 Å². The van der Waals surface area contributed by atoms with E-state index in [0.29, 0.717) is 22.2 Å². The number of nitrogens with zero attached hydrogens (tertiary/aromatic N) is 1. The molecule has 0 saturated heterocycles. The van der Waals surface area contributed by atoms with E-state index < -0.39 is 5.97 Å². The molecule has 19 heavy (non-hydrogen) atoms. The molecule has 0 spiro atoms. The number of hydrogen-bond acceptors (Lipinski definition) is 4. The lowest BCUT2D eigenvalue weighted by Gasteiger charge is -2.09. The van der Waals surface area contributed by atoms with Gasteiger partial charge in [-0.1, -0.05) is 19.4 Å². The summed E-state index contributed by atoms with van der Waals surface area (Å²) in [5.74, 6) is -1.28. The van der Waals surface area contributed by atoms with Crippen molar-refractivity contribution in [3.8, 4) is 0 Å². The molecule has 0 radical (unpaired) electrons. The van der Waals surface area contributed by atoms with Crippen LogP contribution in [0.2, 0.25) is 0 Å². The Hall–Kier alpha value is -1.95. The van der Waals surface area contributed by atoms with Crippen LogP contribution in [-0.4, -0.2) is 15.5 Å². The van der Waals surface area contributed by atoms with Gasteiger partial charge in [-0.3, -0.25) is 9.36 Å². The molecule has 0 aliphatic rings. The Morgan fingerprint density at radius 1 is 1.47 bits per heavy atom. The van der Waals surface area contributed by atoms with Gasteiger partial charge in [0.1, 0.15) is 0 Å². The number of nitrogens with one attached hydrogen (secondary N) is 1. The fourth-order valence-corrected chi connectivity index (χ4v) is 2.18. The summed E-state index contributed by atoms with van der Waals surface area (Å²) < 4.78 is 1.81. The average Bonchev–Trinajstić information content (AvgIpc) is 2.37. The smallest absolute Gasteiger partial charge is 0.262 e. The first-order valence-corrected chi connectivity index (χ1v) is 6.43. The molecule has 0 fully saturated rings. The largest absolute Gasteiger partial charge is 0.545 e. The lowest BCUT2D eigenvalue weighted by molar-refractivity contribution is -0.255. The summed E-state index contributed by atoms with van der Waals surface area (Å²) in [5.41, 5.74) is 0.241. The van der Waals surface area contributed by atoms with E-state index in [4.69, 9.17) is 12.2 Å². The van der Waals surface area contributed by atoms with Gasteiger partial charge >= 0.3 is 0 Å². The number of H-pyrrole nitrogens is 1. The summed E-state index contributed by atoms with van der Waals surface area (Å²) in [5, 5.41) is 11.2. The molecule has 1 heterocycles. The maximum Gasteiger partial charge on any atom is 0.262 e. The second-order valence-electron chi connectivity index (χ2n) is 4.29. The zero-order valence-corrected chi connectivity index (χ0v) is 11.3. The minimum atomic E-state index is -1.28. The van der Waals surface area contributed by atoms with Gasteiger partial charge in [-0.05, 0) is 36.3 Å². The van der Waals surface area contributed by atoms with E-state index in [-0.39, 0.29) is 11.1 Å². The Morgan fingerprint density at radius 2 is 2.21 bits per heavy atom. The van der Waals surface area contributed by atoms with Gasteiger partial charge in [-0.15, -0.1) is 0 Å². The van der Waals surface area contributed by atoms with Crippen LogP contribution in [0.1, 0.15) is 30.1 Å². The van der Waals surface area contributed by atoms with Crippen LogP contribution < -0.4 is 10.7 Å². The Morgan fingerprint density at radius 3 is 2.84 bits per heavy atom. The van der Waals surface area contributed by atoms with Gasteiger partial charge in [0.25, 0.3) is 5.56 Å². The van der Waals surface area contributed by atoms with E-state index in [1.807, 2.05) is 6.92 Å². The molecule has 100 valence electrons. The van der Waals surface area contributed by atoms with Crippen molar-refractivity contribution in [2.45, 2.75) is 26.3 Å². The van der Waals surface area contributed by atoms with Gasteiger partial charge in [-0.2, -0.15) is 0 Å². The summed E-state index contributed by atoms with van der Waals surface area (Å²) in [6.45, 7) is 2.59. The zero-order valence-electron chi connectivity index (χ0n) is 10.4. The molecule has 0 aliphatic carbocycles. The Kier molecular flexibility index (Phi) is 3.80. The second kappa shape index (κ2) is 5.36. The molecule has 1 aromatic carbocycles. The molecule has 1 aromatic heterocycles. The summed E-state index contributed by atoms with van der Waals surface area (Å²) in [6.07, 6.45) is 1.82. The molecule has 0 aliphatic heterocycles. The second-order valence-corrected chi connectivity index (χ2v) is 4.68. The normalized spacial score (nSPS) is 10.8. The van der Waals surface area contributed by atoms with Crippen molar-refractivity contribution < 1.29 is 9.90 Å². The first-order valence-electron chi connectivity index (χ1n) is 6.03. The molecule has 5 nitrogen and oxygen atoms in total. The molecule has 6 heteroatoms. The van der Waals surface area contributed by atoms with Gasteiger partial charge in [-0.25, -0.2) is 0 Å². The van der Waals surface area contributed by atoms with Crippen molar-refractivity contribution in [2.24, 2.45) is 0 Å². The first-order chi connectivity index (χ1) is 9.04. The standard InChI is InChI=1S/C13H14N2O3S/c1-2-3-6-15-11(16)9-5-4-8(12(17)18)7-10(9)14-13(15)19/h4-5,7H,2-3,6H2,1H3,(H,14,19)(H,17,18)/p-1. The molecule has 0 atom stereocenters. The fraction of sp³-hybridized carbons (Fsp3) is 0.308. The third-order valence-corrected chi connectivity index (χ3v) is 3.28. The number of hydrogen-bond donors (Lipinski definition) is 1. The highest BCUT2D eigenvalue weighted by Crippen LogP contribution is 2.10. The Balaban J connectivity index is 2.66. The molecule has 0 saturated carbocycles. The lowest BCUT2D eigenvalue weighted by Crippen LogP contribution is -2.24. The van der Waals surface area contributed by atoms with Gasteiger partial charge in [0.05, 0.1) is 16.9 Å². The number of aromatic nitrogens is 2. The summed E-state index contributed by atoms with van der Waals surface area (Å²) in [4.78, 5) is 25.9. The zero-order chi connectivity index (χ0) is 14.0. The van der Waals surface area contributed by atoms with Crippen LogP contribution in [0.25, 0.3) is 10.9 Å². The van der Waals surface area contributed by atoms with Crippen molar-refractivity contribution in [1.82, 2.24) is 9.55 Å². The number of fused-ring (bicyclic) bond motifs is 1. The number of carboxylic acid groups (broad SMARTS) is 1. The lowest BCUT2D eigenvalue weighted by atomic mass is 10.1. The number of aromatic amines is 1. The quantitative estimate of drug-likeness (QED) is 0.852. The third kappa shape index (κ3) is 2.58. The van der Waals surface area contributed by atoms with Crippen molar-refractivity contribution in [2.75, 3.05) is 0 Å². The highest BCUT2D eigenvalue weighted by molar-refractivity contribution is 7.71. The van der Waals surface area contributed by atoms with Crippen molar-refractivity contribution in [3.63, 3.8) is 0 Å². The highest BCUT2D eigenvalue weighted by atomic mass is 32.1. The Bertz CT molecular complexity index is 746. The number of aromatic carboxylic acids is 1. The number of rotatable bonds is 4. The third-order valence-electron chi connectivity index (χ3n) is 2.95. The topological polar surface area (TPSA) is 77.9 Å². The molecule has 0 unspecified atom stereocenters. The monoisotopic (exact) mass is 277 g/mol. The average molecular weight is 277 g/mol. The summed E-state index contributed by atoms with van der Waals surface area (Å²) in [7, 11) is 0. The van der Waals surface area contributed by atoms with Crippen LogP contribution in [0.3, 0.4) is 0 Å². The maximum absolute atomic E-state index is 12.2. The van der Waals surface area contributed by atoms with E-state index in [9.17, 15) is 14.7 Å². The van der Waals surface area contributed by atoms with E-state index in [1.165, 1.54) is 22.8 Å². The SMILES string of the molecule is CCCCn1c(=S)[nH]c2cc(C(=O)[O-])ccc2c1=O. The number of benzene rings is 1. The number of carboxylic acids is 1. The molecular formula is C13H13N2O3S-. The molecule has 2 rings (SSSR count). The van der Waals surface area contributed by atoms with Gasteiger partial charge < -0.3 is 14.9 Å². The summed E-state index contributed by atoms with van der Waals surface area (Å²) >= 11 is 5.13. The molecule has 1 N–H and O–H groups in total. The number of unbranched alkanes of at least 4 members (excludes halogenated alkanes) is 1. The molecule has 2 aromatic rings. The molecule has 0 bridgehead atoms.